The Hall–Kier alpha value is -0.380. The molecule has 0 saturated carbocycles. The smallest absolute Gasteiger partial charge is 0.0633 e. The summed E-state index contributed by atoms with van der Waals surface area (Å²) in [4.78, 5) is 0. The minimum atomic E-state index is 0.451. The molecule has 1 heterocycles. The summed E-state index contributed by atoms with van der Waals surface area (Å²) < 4.78 is 1.12. The van der Waals surface area contributed by atoms with Crippen LogP contribution in [0.15, 0.2) is 28.7 Å². The van der Waals surface area contributed by atoms with Gasteiger partial charge in [0.1, 0.15) is 0 Å². The Kier molecular flexibility index (Phi) is 1.71. The van der Waals surface area contributed by atoms with Gasteiger partial charge in [0.05, 0.1) is 6.04 Å². The van der Waals surface area contributed by atoms with Crippen molar-refractivity contribution in [2.45, 2.75) is 6.04 Å². The van der Waals surface area contributed by atoms with Gasteiger partial charge in [-0.2, -0.15) is 0 Å². The maximum absolute atomic E-state index is 5.57. The number of hydrazine groups is 1. The minimum Gasteiger partial charge on any atom is -0.268 e. The number of benzene rings is 1. The van der Waals surface area contributed by atoms with Crippen molar-refractivity contribution in [3.05, 3.63) is 34.3 Å². The van der Waals surface area contributed by atoms with E-state index in [4.69, 9.17) is 5.84 Å². The van der Waals surface area contributed by atoms with Crippen LogP contribution >= 0.6 is 15.9 Å². The van der Waals surface area contributed by atoms with Gasteiger partial charge in [0, 0.05) is 11.0 Å². The number of nitrogens with zero attached hydrogens (tertiary/aromatic N) is 1. The first-order valence-electron chi connectivity index (χ1n) is 3.54. The molecule has 0 radical (unpaired) electrons. The van der Waals surface area contributed by atoms with Crippen molar-refractivity contribution in [3.63, 3.8) is 0 Å². The quantitative estimate of drug-likeness (QED) is 0.568. The fourth-order valence-corrected chi connectivity index (χ4v) is 1.58. The molecule has 1 aromatic rings. The third kappa shape index (κ3) is 1.45. The van der Waals surface area contributed by atoms with E-state index in [1.54, 1.807) is 0 Å². The molecule has 1 aliphatic rings. The fraction of sp³-hybridized carbons (Fsp3) is 0.250. The first-order valence-corrected chi connectivity index (χ1v) is 4.33. The van der Waals surface area contributed by atoms with Crippen LogP contribution in [0.1, 0.15) is 11.6 Å². The van der Waals surface area contributed by atoms with Gasteiger partial charge in [-0.15, -0.1) is 0 Å². The number of halogens is 1. The SMILES string of the molecule is NN1CC1c1cccc(Br)c1. The Morgan fingerprint density at radius 3 is 2.82 bits per heavy atom. The lowest BCUT2D eigenvalue weighted by molar-refractivity contribution is 0.548. The molecule has 0 amide bonds. The predicted molar refractivity (Wildman–Crippen MR) is 47.8 cm³/mol. The van der Waals surface area contributed by atoms with Gasteiger partial charge in [0.15, 0.2) is 0 Å². The summed E-state index contributed by atoms with van der Waals surface area (Å²) in [5.74, 6) is 5.57. The summed E-state index contributed by atoms with van der Waals surface area (Å²) in [7, 11) is 0. The van der Waals surface area contributed by atoms with Gasteiger partial charge in [-0.05, 0) is 17.7 Å². The highest BCUT2D eigenvalue weighted by Crippen LogP contribution is 2.31. The van der Waals surface area contributed by atoms with Crippen LogP contribution in [0, 0.1) is 0 Å². The van der Waals surface area contributed by atoms with Gasteiger partial charge in [-0.25, -0.2) is 5.01 Å². The van der Waals surface area contributed by atoms with Crippen molar-refractivity contribution in [1.82, 2.24) is 5.01 Å². The molecular formula is C8H9BrN2. The van der Waals surface area contributed by atoms with Crippen molar-refractivity contribution in [2.24, 2.45) is 5.84 Å². The normalized spacial score (nSPS) is 28.5. The van der Waals surface area contributed by atoms with Crippen molar-refractivity contribution < 1.29 is 0 Å². The zero-order chi connectivity index (χ0) is 7.84. The summed E-state index contributed by atoms with van der Waals surface area (Å²) in [6, 6.07) is 8.71. The zero-order valence-corrected chi connectivity index (χ0v) is 7.58. The molecule has 2 N–H and O–H groups in total. The van der Waals surface area contributed by atoms with Gasteiger partial charge < -0.3 is 0 Å². The van der Waals surface area contributed by atoms with Gasteiger partial charge in [-0.3, -0.25) is 5.84 Å². The second-order valence-corrected chi connectivity index (χ2v) is 3.68. The van der Waals surface area contributed by atoms with Crippen molar-refractivity contribution in [1.29, 1.82) is 0 Å². The average molecular weight is 213 g/mol. The average Bonchev–Trinajstić information content (AvgIpc) is 2.67. The van der Waals surface area contributed by atoms with Gasteiger partial charge in [-0.1, -0.05) is 28.1 Å². The molecular weight excluding hydrogens is 204 g/mol. The van der Waals surface area contributed by atoms with E-state index in [1.807, 2.05) is 17.1 Å². The third-order valence-corrected chi connectivity index (χ3v) is 2.38. The topological polar surface area (TPSA) is 29.0 Å². The molecule has 2 nitrogen and oxygen atoms in total. The molecule has 3 heteroatoms. The van der Waals surface area contributed by atoms with E-state index < -0.39 is 0 Å². The fourth-order valence-electron chi connectivity index (χ4n) is 1.16. The molecule has 0 aliphatic carbocycles. The Balaban J connectivity index is 2.25. The van der Waals surface area contributed by atoms with Crippen LogP contribution in [0.5, 0.6) is 0 Å². The van der Waals surface area contributed by atoms with E-state index >= 15 is 0 Å². The molecule has 0 bridgehead atoms. The molecule has 0 spiro atoms. The van der Waals surface area contributed by atoms with Crippen LogP contribution in [0.2, 0.25) is 0 Å². The summed E-state index contributed by atoms with van der Waals surface area (Å²) in [6.45, 7) is 0.983. The molecule has 11 heavy (non-hydrogen) atoms. The molecule has 0 aromatic heterocycles. The second kappa shape index (κ2) is 2.59. The summed E-state index contributed by atoms with van der Waals surface area (Å²) in [5, 5.41) is 1.82. The summed E-state index contributed by atoms with van der Waals surface area (Å²) >= 11 is 3.42. The molecule has 2 unspecified atom stereocenters. The first-order chi connectivity index (χ1) is 5.27. The minimum absolute atomic E-state index is 0.451. The monoisotopic (exact) mass is 212 g/mol. The maximum Gasteiger partial charge on any atom is 0.0633 e. The zero-order valence-electron chi connectivity index (χ0n) is 6.00. The van der Waals surface area contributed by atoms with Crippen molar-refractivity contribution in [2.75, 3.05) is 6.54 Å². The van der Waals surface area contributed by atoms with E-state index in [1.165, 1.54) is 5.56 Å². The molecule has 2 rings (SSSR count). The predicted octanol–water partition coefficient (Wildman–Crippen LogP) is 1.68. The van der Waals surface area contributed by atoms with Crippen molar-refractivity contribution in [3.8, 4) is 0 Å². The lowest BCUT2D eigenvalue weighted by Gasteiger charge is -1.97. The lowest BCUT2D eigenvalue weighted by atomic mass is 10.2. The number of hydrogen-bond acceptors (Lipinski definition) is 2. The van der Waals surface area contributed by atoms with Crippen LogP contribution < -0.4 is 5.84 Å². The lowest BCUT2D eigenvalue weighted by Crippen LogP contribution is -2.05. The molecule has 1 aliphatic heterocycles. The number of nitrogens with two attached hydrogens (primary N) is 1. The van der Waals surface area contributed by atoms with Crippen LogP contribution in [0.25, 0.3) is 0 Å². The first kappa shape index (κ1) is 7.28. The van der Waals surface area contributed by atoms with Gasteiger partial charge in [0.25, 0.3) is 0 Å². The van der Waals surface area contributed by atoms with E-state index in [-0.39, 0.29) is 0 Å². The van der Waals surface area contributed by atoms with Crippen LogP contribution in [-0.4, -0.2) is 11.6 Å². The van der Waals surface area contributed by atoms with E-state index in [0.717, 1.165) is 11.0 Å². The molecule has 1 fully saturated rings. The largest absolute Gasteiger partial charge is 0.268 e. The molecule has 1 aromatic carbocycles. The highest BCUT2D eigenvalue weighted by Gasteiger charge is 2.32. The van der Waals surface area contributed by atoms with E-state index in [9.17, 15) is 0 Å². The standard InChI is InChI=1S/C8H9BrN2/c9-7-3-1-2-6(4-7)8-5-11(8)10/h1-4,8H,5,10H2. The van der Waals surface area contributed by atoms with Gasteiger partial charge >= 0.3 is 0 Å². The Labute approximate surface area is 74.1 Å². The van der Waals surface area contributed by atoms with Crippen molar-refractivity contribution >= 4 is 15.9 Å². The third-order valence-electron chi connectivity index (χ3n) is 1.88. The Bertz CT molecular complexity index is 275. The molecule has 2 atom stereocenters. The maximum atomic E-state index is 5.57. The highest BCUT2D eigenvalue weighted by atomic mass is 79.9. The van der Waals surface area contributed by atoms with Crippen LogP contribution in [0.3, 0.4) is 0 Å². The molecule has 58 valence electrons. The van der Waals surface area contributed by atoms with E-state index in [0.29, 0.717) is 6.04 Å². The summed E-state index contributed by atoms with van der Waals surface area (Å²) in [5.41, 5.74) is 1.29. The number of rotatable bonds is 1. The number of hydrogen-bond donors (Lipinski definition) is 1. The van der Waals surface area contributed by atoms with Crippen LogP contribution in [0.4, 0.5) is 0 Å². The van der Waals surface area contributed by atoms with Gasteiger partial charge in [0.2, 0.25) is 0 Å². The second-order valence-electron chi connectivity index (χ2n) is 2.77. The molecule has 1 saturated heterocycles. The Morgan fingerprint density at radius 1 is 1.55 bits per heavy atom. The summed E-state index contributed by atoms with van der Waals surface area (Å²) in [6.07, 6.45) is 0. The Morgan fingerprint density at radius 2 is 2.27 bits per heavy atom. The van der Waals surface area contributed by atoms with E-state index in [2.05, 4.69) is 28.1 Å². The van der Waals surface area contributed by atoms with Crippen LogP contribution in [-0.2, 0) is 0 Å². The highest BCUT2D eigenvalue weighted by molar-refractivity contribution is 9.10.